The van der Waals surface area contributed by atoms with E-state index in [2.05, 4.69) is 23.8 Å². The molecule has 0 unspecified atom stereocenters. The van der Waals surface area contributed by atoms with Crippen LogP contribution in [-0.4, -0.2) is 61.8 Å². The molecule has 32 heavy (non-hydrogen) atoms. The molecular formula is C23H33F4N3O2. The molecule has 9 heteroatoms. The Morgan fingerprint density at radius 1 is 1.25 bits per heavy atom. The molecule has 1 fully saturated rings. The first kappa shape index (κ1) is 26.1. The molecule has 5 nitrogen and oxygen atoms in total. The van der Waals surface area contributed by atoms with Crippen LogP contribution >= 0.6 is 0 Å². The summed E-state index contributed by atoms with van der Waals surface area (Å²) in [4.78, 5) is 16.1. The van der Waals surface area contributed by atoms with Crippen molar-refractivity contribution in [2.45, 2.75) is 50.8 Å². The van der Waals surface area contributed by atoms with E-state index >= 15 is 0 Å². The van der Waals surface area contributed by atoms with Crippen LogP contribution in [0.15, 0.2) is 30.9 Å². The van der Waals surface area contributed by atoms with E-state index in [1.54, 1.807) is 0 Å². The van der Waals surface area contributed by atoms with Gasteiger partial charge in [0.2, 0.25) is 0 Å². The summed E-state index contributed by atoms with van der Waals surface area (Å²) in [6.45, 7) is 7.29. The quantitative estimate of drug-likeness (QED) is 0.269. The van der Waals surface area contributed by atoms with Crippen molar-refractivity contribution in [1.82, 2.24) is 9.80 Å². The van der Waals surface area contributed by atoms with Gasteiger partial charge < -0.3 is 19.9 Å². The largest absolute Gasteiger partial charge is 0.419 e. The lowest BCUT2D eigenvalue weighted by Gasteiger charge is -2.32. The Kier molecular flexibility index (Phi) is 10.4. The highest BCUT2D eigenvalue weighted by molar-refractivity contribution is 5.89. The number of amides is 2. The van der Waals surface area contributed by atoms with Crippen molar-refractivity contribution in [3.05, 3.63) is 42.2 Å². The van der Waals surface area contributed by atoms with E-state index in [1.807, 2.05) is 6.08 Å². The van der Waals surface area contributed by atoms with E-state index in [1.165, 1.54) is 4.90 Å². The molecule has 180 valence electrons. The van der Waals surface area contributed by atoms with Crippen molar-refractivity contribution in [2.75, 3.05) is 45.2 Å². The summed E-state index contributed by atoms with van der Waals surface area (Å²) in [6.07, 6.45) is 2.93. The fourth-order valence-corrected chi connectivity index (χ4v) is 3.65. The van der Waals surface area contributed by atoms with Gasteiger partial charge >= 0.3 is 12.2 Å². The molecule has 1 saturated heterocycles. The minimum atomic E-state index is -4.82. The van der Waals surface area contributed by atoms with Gasteiger partial charge in [0.25, 0.3) is 0 Å². The Bertz CT molecular complexity index is 734. The first-order chi connectivity index (χ1) is 15.2. The van der Waals surface area contributed by atoms with Gasteiger partial charge in [0.05, 0.1) is 11.7 Å². The molecule has 0 spiro atoms. The zero-order chi connectivity index (χ0) is 23.6. The van der Waals surface area contributed by atoms with Gasteiger partial charge in [0.1, 0.15) is 5.82 Å². The first-order valence-electron chi connectivity index (χ1n) is 11.0. The first-order valence-corrected chi connectivity index (χ1v) is 11.0. The van der Waals surface area contributed by atoms with E-state index < -0.39 is 23.6 Å². The fraction of sp³-hybridized carbons (Fsp3) is 0.609. The number of carbonyl (C=O) groups is 1. The number of anilines is 1. The minimum absolute atomic E-state index is 0.0837. The number of urea groups is 1. The van der Waals surface area contributed by atoms with E-state index in [0.29, 0.717) is 44.7 Å². The number of unbranched alkanes of at least 4 members (excludes halogenated alkanes) is 3. The second-order valence-corrected chi connectivity index (χ2v) is 8.14. The van der Waals surface area contributed by atoms with Crippen LogP contribution in [0.25, 0.3) is 0 Å². The predicted octanol–water partition coefficient (Wildman–Crippen LogP) is 5.54. The molecule has 0 bridgehead atoms. The number of carbonyl (C=O) groups excluding carboxylic acids is 1. The third-order valence-electron chi connectivity index (χ3n) is 5.48. The van der Waals surface area contributed by atoms with Crippen molar-refractivity contribution in [3.63, 3.8) is 0 Å². The maximum absolute atomic E-state index is 13.4. The topological polar surface area (TPSA) is 44.8 Å². The summed E-state index contributed by atoms with van der Waals surface area (Å²) in [5.41, 5.74) is -1.48. The third kappa shape index (κ3) is 8.78. The molecule has 0 aliphatic carbocycles. The van der Waals surface area contributed by atoms with Gasteiger partial charge in [-0.1, -0.05) is 18.9 Å². The Hall–Kier alpha value is -2.13. The normalized spacial score (nSPS) is 15.2. The summed E-state index contributed by atoms with van der Waals surface area (Å²) >= 11 is 0. The van der Waals surface area contributed by atoms with Crippen molar-refractivity contribution >= 4 is 11.7 Å². The smallest absolute Gasteiger partial charge is 0.378 e. The van der Waals surface area contributed by atoms with Crippen LogP contribution in [0.4, 0.5) is 28.0 Å². The molecule has 1 N–H and O–H groups in total. The van der Waals surface area contributed by atoms with Crippen LogP contribution < -0.4 is 5.32 Å². The summed E-state index contributed by atoms with van der Waals surface area (Å²) in [5.74, 6) is -1.37. The van der Waals surface area contributed by atoms with Gasteiger partial charge in [-0.05, 0) is 57.5 Å². The molecule has 2 amide bonds. The lowest BCUT2D eigenvalue weighted by atomic mass is 10.1. The number of ether oxygens (including phenoxy) is 1. The number of halogens is 4. The molecule has 0 saturated carbocycles. The van der Waals surface area contributed by atoms with Crippen LogP contribution in [-0.2, 0) is 10.9 Å². The van der Waals surface area contributed by atoms with E-state index in [9.17, 15) is 22.4 Å². The van der Waals surface area contributed by atoms with Gasteiger partial charge in [-0.3, -0.25) is 0 Å². The summed E-state index contributed by atoms with van der Waals surface area (Å²) in [5, 5.41) is 2.42. The Balaban J connectivity index is 1.63. The zero-order valence-electron chi connectivity index (χ0n) is 18.6. The number of piperidine rings is 1. The van der Waals surface area contributed by atoms with Gasteiger partial charge in [-0.25, -0.2) is 9.18 Å². The molecule has 0 aromatic heterocycles. The number of hydrogen-bond acceptors (Lipinski definition) is 3. The van der Waals surface area contributed by atoms with Crippen LogP contribution in [0.5, 0.6) is 0 Å². The summed E-state index contributed by atoms with van der Waals surface area (Å²) in [7, 11) is 2.08. The molecule has 1 heterocycles. The molecule has 0 atom stereocenters. The van der Waals surface area contributed by atoms with Crippen molar-refractivity contribution < 1.29 is 27.1 Å². The van der Waals surface area contributed by atoms with Crippen LogP contribution in [0.1, 0.15) is 44.1 Å². The van der Waals surface area contributed by atoms with Gasteiger partial charge in [0.15, 0.2) is 0 Å². The molecular weight excluding hydrogens is 426 g/mol. The van der Waals surface area contributed by atoms with Crippen LogP contribution in [0, 0.1) is 5.82 Å². The van der Waals surface area contributed by atoms with E-state index in [0.717, 1.165) is 44.8 Å². The molecule has 1 aromatic rings. The van der Waals surface area contributed by atoms with Gasteiger partial charge in [0, 0.05) is 31.9 Å². The number of rotatable bonds is 11. The molecule has 1 aromatic carbocycles. The number of likely N-dealkylation sites (N-methyl/N-ethyl adjacent to an activating group) is 1. The number of likely N-dealkylation sites (tertiary alicyclic amines) is 1. The maximum atomic E-state index is 13.4. The second-order valence-electron chi connectivity index (χ2n) is 8.14. The monoisotopic (exact) mass is 459 g/mol. The number of nitrogens with zero attached hydrogens (tertiary/aromatic N) is 2. The minimum Gasteiger partial charge on any atom is -0.378 e. The fourth-order valence-electron chi connectivity index (χ4n) is 3.65. The number of hydrogen-bond donors (Lipinski definition) is 1. The molecule has 2 rings (SSSR count). The van der Waals surface area contributed by atoms with Crippen molar-refractivity contribution in [1.29, 1.82) is 0 Å². The van der Waals surface area contributed by atoms with Gasteiger partial charge in [-0.2, -0.15) is 13.2 Å². The number of alkyl halides is 3. The molecule has 0 radical (unpaired) electrons. The summed E-state index contributed by atoms with van der Waals surface area (Å²) < 4.78 is 57.8. The van der Waals surface area contributed by atoms with E-state index in [4.69, 9.17) is 4.74 Å². The Labute approximate surface area is 187 Å². The van der Waals surface area contributed by atoms with Crippen LogP contribution in [0.3, 0.4) is 0 Å². The lowest BCUT2D eigenvalue weighted by Crippen LogP contribution is -2.43. The van der Waals surface area contributed by atoms with E-state index in [-0.39, 0.29) is 11.8 Å². The van der Waals surface area contributed by atoms with Crippen LogP contribution in [0.2, 0.25) is 0 Å². The maximum Gasteiger partial charge on any atom is 0.419 e. The Morgan fingerprint density at radius 3 is 2.59 bits per heavy atom. The highest BCUT2D eigenvalue weighted by atomic mass is 19.4. The standard InChI is InChI=1S/C23H33F4N3O2/c1-3-12-29(2)13-6-4-5-7-16-32-19-10-14-30(15-11-19)22(31)28-18-8-9-21(24)20(17-18)23(25,26)27/h3,8-9,17,19H,1,4-7,10-16H2,2H3,(H,28,31). The molecule has 1 aliphatic rings. The molecule has 1 aliphatic heterocycles. The van der Waals surface area contributed by atoms with Crippen molar-refractivity contribution in [2.24, 2.45) is 0 Å². The average Bonchev–Trinajstić information content (AvgIpc) is 2.74. The highest BCUT2D eigenvalue weighted by Gasteiger charge is 2.34. The Morgan fingerprint density at radius 2 is 1.94 bits per heavy atom. The number of nitrogens with one attached hydrogen (secondary N) is 1. The summed E-state index contributed by atoms with van der Waals surface area (Å²) in [6, 6.07) is 1.94. The number of benzene rings is 1. The SMILES string of the molecule is C=CCN(C)CCCCCCOC1CCN(C(=O)Nc2ccc(F)c(C(F)(F)F)c2)CC1. The highest BCUT2D eigenvalue weighted by Crippen LogP contribution is 2.33. The van der Waals surface area contributed by atoms with Gasteiger partial charge in [-0.15, -0.1) is 6.58 Å². The zero-order valence-corrected chi connectivity index (χ0v) is 18.6. The lowest BCUT2D eigenvalue weighted by molar-refractivity contribution is -0.139. The van der Waals surface area contributed by atoms with Crippen molar-refractivity contribution in [3.8, 4) is 0 Å². The third-order valence-corrected chi connectivity index (χ3v) is 5.48. The predicted molar refractivity (Wildman–Crippen MR) is 117 cm³/mol. The average molecular weight is 460 g/mol. The second kappa shape index (κ2) is 12.8.